The topological polar surface area (TPSA) is 102 Å². The highest BCUT2D eigenvalue weighted by molar-refractivity contribution is 6.36. The molecule has 0 atom stereocenters. The minimum Gasteiger partial charge on any atom is -0.494 e. The van der Waals surface area contributed by atoms with E-state index >= 15 is 0 Å². The third kappa shape index (κ3) is 7.25. The molecule has 4 rings (SSSR count). The molecule has 0 saturated carbocycles. The molecule has 38 heavy (non-hydrogen) atoms. The largest absolute Gasteiger partial charge is 0.494 e. The number of ether oxygens (including phenoxy) is 1. The molecule has 0 aliphatic rings. The molecule has 1 heterocycles. The highest BCUT2D eigenvalue weighted by Gasteiger charge is 2.13. The molecule has 2 N–H and O–H groups in total. The van der Waals surface area contributed by atoms with Crippen molar-refractivity contribution in [3.8, 4) is 28.1 Å². The van der Waals surface area contributed by atoms with Crippen LogP contribution < -0.4 is 4.74 Å². The summed E-state index contributed by atoms with van der Waals surface area (Å²) in [7, 11) is 0. The fourth-order valence-electron chi connectivity index (χ4n) is 3.81. The first-order valence-electron chi connectivity index (χ1n) is 11.8. The third-order valence-corrected chi connectivity index (χ3v) is 6.17. The van der Waals surface area contributed by atoms with Gasteiger partial charge in [0.25, 0.3) is 0 Å². The fourth-order valence-corrected chi connectivity index (χ4v) is 4.32. The second kappa shape index (κ2) is 12.4. The van der Waals surface area contributed by atoms with Gasteiger partial charge in [0, 0.05) is 23.2 Å². The lowest BCUT2D eigenvalue weighted by Crippen LogP contribution is -2.09. The van der Waals surface area contributed by atoms with Crippen molar-refractivity contribution >= 4 is 47.3 Å². The van der Waals surface area contributed by atoms with Gasteiger partial charge in [-0.05, 0) is 65.6 Å². The summed E-state index contributed by atoms with van der Waals surface area (Å²) in [5.41, 5.74) is 4.10. The number of rotatable bonds is 11. The van der Waals surface area contributed by atoms with Gasteiger partial charge in [-0.1, -0.05) is 59.6 Å². The SMILES string of the molecule is O=C(O)CCCOc1ccc(-c2cccc(C=Cc3nc(-c4ccc(Cl)cc4Cl)cn3CC(=O)O)c2)cc1. The van der Waals surface area contributed by atoms with Crippen molar-refractivity contribution in [2.75, 3.05) is 6.61 Å². The fraction of sp³-hybridized carbons (Fsp3) is 0.138. The minimum atomic E-state index is -0.984. The Balaban J connectivity index is 1.52. The minimum absolute atomic E-state index is 0.0745. The molecule has 0 bridgehead atoms. The predicted molar refractivity (Wildman–Crippen MR) is 148 cm³/mol. The van der Waals surface area contributed by atoms with Gasteiger partial charge in [0.1, 0.15) is 18.1 Å². The molecule has 0 spiro atoms. The van der Waals surface area contributed by atoms with Crippen LogP contribution in [0.5, 0.6) is 5.75 Å². The Morgan fingerprint density at radius 2 is 1.71 bits per heavy atom. The number of carboxylic acid groups (broad SMARTS) is 2. The van der Waals surface area contributed by atoms with Gasteiger partial charge in [-0.3, -0.25) is 9.59 Å². The maximum absolute atomic E-state index is 11.4. The summed E-state index contributed by atoms with van der Waals surface area (Å²) in [6.45, 7) is 0.0954. The van der Waals surface area contributed by atoms with Crippen molar-refractivity contribution in [2.24, 2.45) is 0 Å². The van der Waals surface area contributed by atoms with E-state index in [-0.39, 0.29) is 13.0 Å². The van der Waals surface area contributed by atoms with E-state index in [4.69, 9.17) is 33.0 Å². The molecule has 194 valence electrons. The molecule has 1 aromatic heterocycles. The lowest BCUT2D eigenvalue weighted by molar-refractivity contribution is -0.138. The van der Waals surface area contributed by atoms with Crippen molar-refractivity contribution in [1.82, 2.24) is 9.55 Å². The Labute approximate surface area is 229 Å². The van der Waals surface area contributed by atoms with Crippen molar-refractivity contribution in [2.45, 2.75) is 19.4 Å². The van der Waals surface area contributed by atoms with E-state index in [1.54, 1.807) is 35.0 Å². The molecule has 0 aliphatic heterocycles. The summed E-state index contributed by atoms with van der Waals surface area (Å²) in [5.74, 6) is -0.669. The highest BCUT2D eigenvalue weighted by Crippen LogP contribution is 2.30. The van der Waals surface area contributed by atoms with Crippen LogP contribution >= 0.6 is 23.2 Å². The Bertz CT molecular complexity index is 1480. The van der Waals surface area contributed by atoms with E-state index in [9.17, 15) is 14.7 Å². The second-order valence-corrected chi connectivity index (χ2v) is 9.30. The number of hydrogen-bond donors (Lipinski definition) is 2. The van der Waals surface area contributed by atoms with Crippen LogP contribution in [0, 0.1) is 0 Å². The number of hydrogen-bond acceptors (Lipinski definition) is 4. The Kier molecular flexibility index (Phi) is 8.84. The average molecular weight is 551 g/mol. The Hall–Kier alpha value is -4.07. The summed E-state index contributed by atoms with van der Waals surface area (Å²) < 4.78 is 7.16. The molecule has 4 aromatic rings. The molecule has 9 heteroatoms. The van der Waals surface area contributed by atoms with Crippen LogP contribution in [0.4, 0.5) is 0 Å². The van der Waals surface area contributed by atoms with Gasteiger partial charge in [-0.25, -0.2) is 4.98 Å². The quantitative estimate of drug-likeness (QED) is 0.194. The number of carboxylic acids is 2. The van der Waals surface area contributed by atoms with Gasteiger partial charge < -0.3 is 19.5 Å². The molecule has 0 fully saturated rings. The van der Waals surface area contributed by atoms with Crippen LogP contribution in [0.15, 0.2) is 72.9 Å². The van der Waals surface area contributed by atoms with Crippen molar-refractivity contribution in [1.29, 1.82) is 0 Å². The van der Waals surface area contributed by atoms with Crippen LogP contribution in [0.3, 0.4) is 0 Å². The maximum atomic E-state index is 11.4. The molecule has 7 nitrogen and oxygen atoms in total. The molecule has 0 radical (unpaired) electrons. The normalized spacial score (nSPS) is 11.1. The third-order valence-electron chi connectivity index (χ3n) is 5.62. The van der Waals surface area contributed by atoms with Crippen LogP contribution in [0.1, 0.15) is 24.2 Å². The molecule has 0 aliphatic carbocycles. The zero-order valence-corrected chi connectivity index (χ0v) is 21.7. The lowest BCUT2D eigenvalue weighted by atomic mass is 10.0. The average Bonchev–Trinajstić information content (AvgIpc) is 3.27. The monoisotopic (exact) mass is 550 g/mol. The van der Waals surface area contributed by atoms with Gasteiger partial charge in [-0.2, -0.15) is 0 Å². The van der Waals surface area contributed by atoms with E-state index in [0.29, 0.717) is 45.9 Å². The van der Waals surface area contributed by atoms with Gasteiger partial charge in [0.05, 0.1) is 17.3 Å². The molecule has 0 saturated heterocycles. The number of carbonyl (C=O) groups is 2. The first-order valence-corrected chi connectivity index (χ1v) is 12.5. The number of benzene rings is 3. The maximum Gasteiger partial charge on any atom is 0.323 e. The second-order valence-electron chi connectivity index (χ2n) is 8.46. The van der Waals surface area contributed by atoms with Gasteiger partial charge >= 0.3 is 11.9 Å². The standard InChI is InChI=1S/C29H24Cl2N2O5/c30-22-9-12-24(25(31)16-22)26-17-33(18-29(36)37)27(32-26)13-6-19-3-1-4-21(15-19)20-7-10-23(11-8-20)38-14-2-5-28(34)35/h1,3-4,6-13,15-17H,2,5,14,18H2,(H,34,35)(H,36,37). The summed E-state index contributed by atoms with van der Waals surface area (Å²) in [5, 5.41) is 19.0. The van der Waals surface area contributed by atoms with Crippen molar-refractivity contribution in [3.05, 3.63) is 94.4 Å². The summed E-state index contributed by atoms with van der Waals surface area (Å²) >= 11 is 12.3. The summed E-state index contributed by atoms with van der Waals surface area (Å²) in [6, 6.07) is 20.6. The van der Waals surface area contributed by atoms with Gasteiger partial charge in [-0.15, -0.1) is 0 Å². The summed E-state index contributed by atoms with van der Waals surface area (Å²) in [6.07, 6.45) is 5.82. The lowest BCUT2D eigenvalue weighted by Gasteiger charge is -2.07. The van der Waals surface area contributed by atoms with Crippen molar-refractivity contribution in [3.63, 3.8) is 0 Å². The Morgan fingerprint density at radius 3 is 2.42 bits per heavy atom. The smallest absolute Gasteiger partial charge is 0.323 e. The summed E-state index contributed by atoms with van der Waals surface area (Å²) in [4.78, 5) is 26.6. The first-order chi connectivity index (χ1) is 18.3. The number of aliphatic carboxylic acids is 2. The van der Waals surface area contributed by atoms with E-state index in [1.807, 2.05) is 54.6 Å². The zero-order valence-electron chi connectivity index (χ0n) is 20.2. The van der Waals surface area contributed by atoms with Crippen LogP contribution in [-0.4, -0.2) is 38.3 Å². The van der Waals surface area contributed by atoms with E-state index in [2.05, 4.69) is 4.98 Å². The predicted octanol–water partition coefficient (Wildman–Crippen LogP) is 7.02. The molecule has 0 amide bonds. The van der Waals surface area contributed by atoms with Crippen LogP contribution in [0.25, 0.3) is 34.5 Å². The zero-order chi connectivity index (χ0) is 27.1. The number of imidazole rings is 1. The van der Waals surface area contributed by atoms with E-state index < -0.39 is 11.9 Å². The van der Waals surface area contributed by atoms with Gasteiger partial charge in [0.15, 0.2) is 0 Å². The van der Waals surface area contributed by atoms with Crippen LogP contribution in [0.2, 0.25) is 10.0 Å². The molecule has 3 aromatic carbocycles. The molecular formula is C29H24Cl2N2O5. The highest BCUT2D eigenvalue weighted by atomic mass is 35.5. The van der Waals surface area contributed by atoms with Gasteiger partial charge in [0.2, 0.25) is 0 Å². The number of nitrogens with zero attached hydrogens (tertiary/aromatic N) is 2. The van der Waals surface area contributed by atoms with Crippen molar-refractivity contribution < 1.29 is 24.5 Å². The number of aromatic nitrogens is 2. The Morgan fingerprint density at radius 1 is 0.921 bits per heavy atom. The molecule has 0 unspecified atom stereocenters. The van der Waals surface area contributed by atoms with E-state index in [1.165, 1.54) is 0 Å². The number of halogens is 2. The molecular weight excluding hydrogens is 527 g/mol. The van der Waals surface area contributed by atoms with E-state index in [0.717, 1.165) is 16.7 Å². The first kappa shape index (κ1) is 27.0. The van der Waals surface area contributed by atoms with Crippen LogP contribution in [-0.2, 0) is 16.1 Å².